The lowest BCUT2D eigenvalue weighted by Gasteiger charge is -2.30. The van der Waals surface area contributed by atoms with Crippen LogP contribution in [0.25, 0.3) is 0 Å². The molecular weight excluding hydrogens is 338 g/mol. The number of amides is 1. The van der Waals surface area contributed by atoms with Crippen molar-refractivity contribution in [1.82, 2.24) is 15.3 Å². The van der Waals surface area contributed by atoms with E-state index in [0.29, 0.717) is 12.0 Å². The molecule has 6 nitrogen and oxygen atoms in total. The lowest BCUT2D eigenvalue weighted by atomic mass is 9.91. The molecule has 0 atom stereocenters. The Morgan fingerprint density at radius 3 is 2.37 bits per heavy atom. The van der Waals surface area contributed by atoms with Gasteiger partial charge in [-0.05, 0) is 51.2 Å². The van der Waals surface area contributed by atoms with Gasteiger partial charge in [-0.25, -0.2) is 4.98 Å². The maximum absolute atomic E-state index is 12.5. The average molecular weight is 367 g/mol. The van der Waals surface area contributed by atoms with Gasteiger partial charge in [0, 0.05) is 43.5 Å². The molecule has 2 aromatic rings. The molecule has 1 saturated carbocycles. The highest BCUT2D eigenvalue weighted by Crippen LogP contribution is 2.23. The van der Waals surface area contributed by atoms with Gasteiger partial charge in [0.1, 0.15) is 5.82 Å². The number of anilines is 2. The minimum Gasteiger partial charge on any atom is -0.362 e. The van der Waals surface area contributed by atoms with Crippen LogP contribution >= 0.6 is 0 Å². The largest absolute Gasteiger partial charge is 0.362 e. The zero-order valence-corrected chi connectivity index (χ0v) is 16.6. The van der Waals surface area contributed by atoms with Crippen molar-refractivity contribution in [2.45, 2.75) is 51.6 Å². The van der Waals surface area contributed by atoms with Crippen molar-refractivity contribution < 1.29 is 4.79 Å². The van der Waals surface area contributed by atoms with E-state index in [9.17, 15) is 4.79 Å². The van der Waals surface area contributed by atoms with Gasteiger partial charge in [0.2, 0.25) is 5.95 Å². The Morgan fingerprint density at radius 1 is 1.04 bits per heavy atom. The molecular formula is C21H29N5O. The first-order chi connectivity index (χ1) is 12.9. The summed E-state index contributed by atoms with van der Waals surface area (Å²) in [7, 11) is 3.98. The van der Waals surface area contributed by atoms with Gasteiger partial charge in [-0.3, -0.25) is 4.79 Å². The summed E-state index contributed by atoms with van der Waals surface area (Å²) in [4.78, 5) is 23.5. The summed E-state index contributed by atoms with van der Waals surface area (Å²) in [5, 5.41) is 6.64. The van der Waals surface area contributed by atoms with Crippen molar-refractivity contribution >= 4 is 17.7 Å². The van der Waals surface area contributed by atoms with Crippen molar-refractivity contribution in [3.63, 3.8) is 0 Å². The van der Waals surface area contributed by atoms with E-state index in [1.807, 2.05) is 63.3 Å². The molecule has 1 aliphatic carbocycles. The lowest BCUT2D eigenvalue weighted by molar-refractivity contribution is 0.0926. The smallest absolute Gasteiger partial charge is 0.251 e. The first kappa shape index (κ1) is 19.1. The van der Waals surface area contributed by atoms with Crippen LogP contribution in [0.2, 0.25) is 0 Å². The summed E-state index contributed by atoms with van der Waals surface area (Å²) in [5.74, 6) is 1.64. The molecule has 0 bridgehead atoms. The second-order valence-electron chi connectivity index (χ2n) is 7.58. The zero-order chi connectivity index (χ0) is 19.4. The molecule has 1 aromatic heterocycles. The van der Waals surface area contributed by atoms with Crippen molar-refractivity contribution in [3.05, 3.63) is 47.2 Å². The van der Waals surface area contributed by atoms with Crippen LogP contribution in [-0.2, 0) is 0 Å². The third-order valence-electron chi connectivity index (χ3n) is 5.15. The summed E-state index contributed by atoms with van der Waals surface area (Å²) in [6, 6.07) is 8.29. The number of nitrogens with zero attached hydrogens (tertiary/aromatic N) is 3. The van der Waals surface area contributed by atoms with Crippen molar-refractivity contribution in [1.29, 1.82) is 0 Å². The first-order valence-electron chi connectivity index (χ1n) is 9.58. The quantitative estimate of drug-likeness (QED) is 0.848. The van der Waals surface area contributed by atoms with Crippen LogP contribution in [0.4, 0.5) is 11.8 Å². The van der Waals surface area contributed by atoms with Gasteiger partial charge >= 0.3 is 0 Å². The van der Waals surface area contributed by atoms with E-state index in [1.165, 1.54) is 0 Å². The number of aryl methyl sites for hydroxylation is 2. The fraction of sp³-hybridized carbons (Fsp3) is 0.476. The molecule has 1 aromatic carbocycles. The van der Waals surface area contributed by atoms with Crippen molar-refractivity contribution in [2.75, 3.05) is 24.3 Å². The van der Waals surface area contributed by atoms with E-state index >= 15 is 0 Å². The third kappa shape index (κ3) is 4.76. The van der Waals surface area contributed by atoms with Crippen LogP contribution < -0.4 is 15.5 Å². The first-order valence-corrected chi connectivity index (χ1v) is 9.58. The van der Waals surface area contributed by atoms with Crippen molar-refractivity contribution in [3.8, 4) is 0 Å². The van der Waals surface area contributed by atoms with Gasteiger partial charge in [0.05, 0.1) is 0 Å². The number of rotatable bonds is 5. The zero-order valence-electron chi connectivity index (χ0n) is 16.6. The van der Waals surface area contributed by atoms with Crippen LogP contribution in [0, 0.1) is 13.8 Å². The van der Waals surface area contributed by atoms with Gasteiger partial charge in [-0.1, -0.05) is 18.2 Å². The van der Waals surface area contributed by atoms with E-state index < -0.39 is 0 Å². The Morgan fingerprint density at radius 2 is 1.70 bits per heavy atom. The summed E-state index contributed by atoms with van der Waals surface area (Å²) in [5.41, 5.74) is 2.84. The molecule has 2 N–H and O–H groups in total. The van der Waals surface area contributed by atoms with Crippen LogP contribution in [0.3, 0.4) is 0 Å². The Kier molecular flexibility index (Phi) is 5.94. The highest BCUT2D eigenvalue weighted by atomic mass is 16.1. The predicted octanol–water partition coefficient (Wildman–Crippen LogP) is 3.31. The number of hydrogen-bond acceptors (Lipinski definition) is 5. The number of nitrogens with one attached hydrogen (secondary N) is 2. The molecule has 1 aliphatic rings. The Balaban J connectivity index is 1.53. The van der Waals surface area contributed by atoms with Gasteiger partial charge in [-0.15, -0.1) is 0 Å². The number of aromatic nitrogens is 2. The minimum absolute atomic E-state index is 0.0296. The van der Waals surface area contributed by atoms with E-state index in [2.05, 4.69) is 20.6 Å². The molecule has 1 heterocycles. The standard InChI is InChI=1S/C21H29N5O/c1-14-7-5-6-8-18(14)20(27)23-16-9-11-17(12-10-16)24-21-22-13-15(2)19(25-21)26(3)4/h5-8,13,16-17H,9-12H2,1-4H3,(H,23,27)(H,22,24,25)/t16-,17+. The molecule has 1 fully saturated rings. The Bertz CT molecular complexity index is 797. The second-order valence-corrected chi connectivity index (χ2v) is 7.58. The van der Waals surface area contributed by atoms with Gasteiger partial charge in [-0.2, -0.15) is 4.98 Å². The molecule has 0 aliphatic heterocycles. The second kappa shape index (κ2) is 8.37. The summed E-state index contributed by atoms with van der Waals surface area (Å²) >= 11 is 0. The molecule has 3 rings (SSSR count). The summed E-state index contributed by atoms with van der Waals surface area (Å²) in [6.45, 7) is 3.99. The van der Waals surface area contributed by atoms with E-state index in [-0.39, 0.29) is 11.9 Å². The number of carbonyl (C=O) groups excluding carboxylic acids is 1. The highest BCUT2D eigenvalue weighted by Gasteiger charge is 2.23. The maximum Gasteiger partial charge on any atom is 0.251 e. The summed E-state index contributed by atoms with van der Waals surface area (Å²) in [6.07, 6.45) is 5.77. The van der Waals surface area contributed by atoms with E-state index in [1.54, 1.807) is 0 Å². The van der Waals surface area contributed by atoms with Gasteiger partial charge in [0.25, 0.3) is 5.91 Å². The molecule has 1 amide bonds. The molecule has 0 saturated heterocycles. The summed E-state index contributed by atoms with van der Waals surface area (Å²) < 4.78 is 0. The molecule has 144 valence electrons. The third-order valence-corrected chi connectivity index (χ3v) is 5.15. The topological polar surface area (TPSA) is 70.2 Å². The molecule has 6 heteroatoms. The van der Waals surface area contributed by atoms with Crippen molar-refractivity contribution in [2.24, 2.45) is 0 Å². The maximum atomic E-state index is 12.5. The Labute approximate surface area is 161 Å². The van der Waals surface area contributed by atoms with E-state index in [0.717, 1.165) is 48.2 Å². The van der Waals surface area contributed by atoms with Crippen LogP contribution in [0.5, 0.6) is 0 Å². The van der Waals surface area contributed by atoms with Crippen LogP contribution in [0.1, 0.15) is 47.2 Å². The van der Waals surface area contributed by atoms with Crippen LogP contribution in [0.15, 0.2) is 30.5 Å². The normalized spacial score (nSPS) is 19.4. The number of hydrogen-bond donors (Lipinski definition) is 2. The fourth-order valence-electron chi connectivity index (χ4n) is 3.61. The monoisotopic (exact) mass is 367 g/mol. The fourth-order valence-corrected chi connectivity index (χ4v) is 3.61. The van der Waals surface area contributed by atoms with E-state index in [4.69, 9.17) is 0 Å². The molecule has 0 radical (unpaired) electrons. The Hall–Kier alpha value is -2.63. The lowest BCUT2D eigenvalue weighted by Crippen LogP contribution is -2.40. The number of benzene rings is 1. The minimum atomic E-state index is 0.0296. The van der Waals surface area contributed by atoms with Crippen LogP contribution in [-0.4, -0.2) is 42.1 Å². The predicted molar refractivity (Wildman–Crippen MR) is 109 cm³/mol. The number of carbonyl (C=O) groups is 1. The average Bonchev–Trinajstić information content (AvgIpc) is 2.65. The SMILES string of the molecule is Cc1ccccc1C(=O)N[C@H]1CC[C@@H](Nc2ncc(C)c(N(C)C)n2)CC1. The molecule has 27 heavy (non-hydrogen) atoms. The molecule has 0 spiro atoms. The highest BCUT2D eigenvalue weighted by molar-refractivity contribution is 5.95. The van der Waals surface area contributed by atoms with Gasteiger partial charge < -0.3 is 15.5 Å². The molecule has 0 unspecified atom stereocenters. The van der Waals surface area contributed by atoms with Gasteiger partial charge in [0.15, 0.2) is 0 Å².